The van der Waals surface area contributed by atoms with E-state index in [1.165, 1.54) is 11.6 Å². The topological polar surface area (TPSA) is 88.4 Å². The fraction of sp³-hybridized carbons (Fsp3) is 0.368. The van der Waals surface area contributed by atoms with Crippen LogP contribution < -0.4 is 16.0 Å². The molecular weight excluding hydrogens is 360 g/mol. The quantitative estimate of drug-likeness (QED) is 0.523. The maximum atomic E-state index is 12.9. The molecule has 1 aromatic carbocycles. The van der Waals surface area contributed by atoms with Gasteiger partial charge in [0.25, 0.3) is 5.56 Å². The number of imidazole rings is 1. The molecule has 0 N–H and O–H groups in total. The Labute approximate surface area is 160 Å². The summed E-state index contributed by atoms with van der Waals surface area (Å²) in [6, 6.07) is 7.51. The van der Waals surface area contributed by atoms with Gasteiger partial charge >= 0.3 is 5.69 Å². The predicted octanol–water partition coefficient (Wildman–Crippen LogP) is 1.56. The number of aromatic nitrogens is 6. The highest BCUT2D eigenvalue weighted by Crippen LogP contribution is 2.26. The second kappa shape index (κ2) is 6.66. The summed E-state index contributed by atoms with van der Waals surface area (Å²) in [5.74, 6) is 1.88. The van der Waals surface area contributed by atoms with Gasteiger partial charge < -0.3 is 9.30 Å². The predicted molar refractivity (Wildman–Crippen MR) is 106 cm³/mol. The van der Waals surface area contributed by atoms with Crippen LogP contribution in [0.1, 0.15) is 20.3 Å². The summed E-state index contributed by atoms with van der Waals surface area (Å²) >= 11 is 0. The van der Waals surface area contributed by atoms with E-state index in [4.69, 9.17) is 4.74 Å². The highest BCUT2D eigenvalue weighted by Gasteiger charge is 2.23. The molecule has 9 nitrogen and oxygen atoms in total. The summed E-state index contributed by atoms with van der Waals surface area (Å²) in [5.41, 5.74) is 1.03. The molecule has 9 heteroatoms. The van der Waals surface area contributed by atoms with Crippen molar-refractivity contribution in [2.75, 3.05) is 6.61 Å². The highest BCUT2D eigenvalue weighted by atomic mass is 16.5. The Morgan fingerprint density at radius 1 is 1.00 bits per heavy atom. The van der Waals surface area contributed by atoms with Gasteiger partial charge in [-0.15, -0.1) is 10.2 Å². The van der Waals surface area contributed by atoms with Crippen molar-refractivity contribution in [3.63, 3.8) is 0 Å². The summed E-state index contributed by atoms with van der Waals surface area (Å²) in [7, 11) is 3.14. The van der Waals surface area contributed by atoms with Crippen molar-refractivity contribution in [3.05, 3.63) is 45.1 Å². The van der Waals surface area contributed by atoms with Gasteiger partial charge in [-0.3, -0.25) is 13.9 Å². The number of aryl methyl sites for hydroxylation is 2. The molecule has 0 atom stereocenters. The number of ether oxygens (including phenoxy) is 1. The molecule has 3 aromatic heterocycles. The molecule has 146 valence electrons. The summed E-state index contributed by atoms with van der Waals surface area (Å²) < 4.78 is 11.7. The van der Waals surface area contributed by atoms with Crippen LogP contribution in [-0.2, 0) is 20.6 Å². The second-order valence-corrected chi connectivity index (χ2v) is 6.65. The Morgan fingerprint density at radius 3 is 2.36 bits per heavy atom. The third kappa shape index (κ3) is 2.46. The number of hydrogen-bond donors (Lipinski definition) is 0. The standard InChI is InChI=1S/C19H22N6O3/c1-5-11-24-14-16(22(3)19(27)23(4)17(14)26)25-15(20-21-18(24)25)12-7-9-13(10-8-12)28-6-2/h7-10H,5-6,11H2,1-4H3. The zero-order chi connectivity index (χ0) is 20.0. The van der Waals surface area contributed by atoms with E-state index in [1.54, 1.807) is 11.4 Å². The molecule has 4 aromatic rings. The van der Waals surface area contributed by atoms with Gasteiger partial charge in [-0.05, 0) is 37.6 Å². The van der Waals surface area contributed by atoms with Crippen molar-refractivity contribution in [2.24, 2.45) is 14.1 Å². The average Bonchev–Trinajstić information content (AvgIpc) is 3.25. The fourth-order valence-electron chi connectivity index (χ4n) is 3.54. The van der Waals surface area contributed by atoms with Crippen LogP contribution in [0, 0.1) is 0 Å². The van der Waals surface area contributed by atoms with Crippen LogP contribution in [0.3, 0.4) is 0 Å². The molecule has 0 spiro atoms. The van der Waals surface area contributed by atoms with Gasteiger partial charge in [-0.1, -0.05) is 6.92 Å². The molecule has 4 rings (SSSR count). The Balaban J connectivity index is 2.09. The van der Waals surface area contributed by atoms with Crippen molar-refractivity contribution in [3.8, 4) is 17.1 Å². The van der Waals surface area contributed by atoms with Gasteiger partial charge in [0.15, 0.2) is 17.0 Å². The lowest BCUT2D eigenvalue weighted by molar-refractivity contribution is 0.340. The van der Waals surface area contributed by atoms with Crippen LogP contribution in [0.2, 0.25) is 0 Å². The van der Waals surface area contributed by atoms with Gasteiger partial charge in [0.05, 0.1) is 6.61 Å². The SMILES string of the molecule is CCCn1c2c(=O)n(C)c(=O)n(C)c2n2c(-c3ccc(OCC)cc3)nnc12. The maximum absolute atomic E-state index is 12.9. The molecule has 0 radical (unpaired) electrons. The molecule has 0 aliphatic rings. The lowest BCUT2D eigenvalue weighted by atomic mass is 10.2. The third-order valence-corrected chi connectivity index (χ3v) is 4.85. The first kappa shape index (κ1) is 18.0. The van der Waals surface area contributed by atoms with Crippen molar-refractivity contribution in [1.82, 2.24) is 28.3 Å². The van der Waals surface area contributed by atoms with Gasteiger partial charge in [0.2, 0.25) is 5.78 Å². The molecular formula is C19H22N6O3. The molecule has 0 aliphatic carbocycles. The number of benzene rings is 1. The molecule has 0 saturated carbocycles. The van der Waals surface area contributed by atoms with Crippen molar-refractivity contribution in [2.45, 2.75) is 26.8 Å². The van der Waals surface area contributed by atoms with E-state index >= 15 is 0 Å². The van der Waals surface area contributed by atoms with Crippen LogP contribution >= 0.6 is 0 Å². The Morgan fingerprint density at radius 2 is 1.71 bits per heavy atom. The van der Waals surface area contributed by atoms with Gasteiger partial charge in [0.1, 0.15) is 5.75 Å². The second-order valence-electron chi connectivity index (χ2n) is 6.65. The normalized spacial score (nSPS) is 11.6. The first-order chi connectivity index (χ1) is 13.5. The van der Waals surface area contributed by atoms with E-state index in [1.807, 2.05) is 42.7 Å². The molecule has 0 unspecified atom stereocenters. The van der Waals surface area contributed by atoms with Crippen molar-refractivity contribution < 1.29 is 4.74 Å². The summed E-state index contributed by atoms with van der Waals surface area (Å²) in [6.45, 7) is 5.14. The minimum atomic E-state index is -0.389. The van der Waals surface area contributed by atoms with Crippen LogP contribution in [0.4, 0.5) is 0 Å². The summed E-state index contributed by atoms with van der Waals surface area (Å²) in [4.78, 5) is 25.4. The van der Waals surface area contributed by atoms with Gasteiger partial charge in [-0.2, -0.15) is 0 Å². The molecule has 0 fully saturated rings. The molecule has 0 aliphatic heterocycles. The zero-order valence-corrected chi connectivity index (χ0v) is 16.3. The lowest BCUT2D eigenvalue weighted by Gasteiger charge is -2.07. The van der Waals surface area contributed by atoms with Crippen LogP contribution in [0.15, 0.2) is 33.9 Å². The minimum absolute atomic E-state index is 0.338. The molecule has 28 heavy (non-hydrogen) atoms. The smallest absolute Gasteiger partial charge is 0.332 e. The highest BCUT2D eigenvalue weighted by molar-refractivity contribution is 5.79. The Kier molecular flexibility index (Phi) is 4.29. The number of fused-ring (bicyclic) bond motifs is 3. The Hall–Kier alpha value is -3.36. The number of nitrogens with zero attached hydrogens (tertiary/aromatic N) is 6. The average molecular weight is 382 g/mol. The van der Waals surface area contributed by atoms with E-state index in [-0.39, 0.29) is 11.2 Å². The van der Waals surface area contributed by atoms with Crippen molar-refractivity contribution in [1.29, 1.82) is 0 Å². The minimum Gasteiger partial charge on any atom is -0.494 e. The first-order valence-electron chi connectivity index (χ1n) is 9.26. The monoisotopic (exact) mass is 382 g/mol. The van der Waals surface area contributed by atoms with Gasteiger partial charge in [-0.25, -0.2) is 9.20 Å². The van der Waals surface area contributed by atoms with Crippen molar-refractivity contribution >= 4 is 16.9 Å². The Bertz CT molecular complexity index is 1290. The van der Waals surface area contributed by atoms with Gasteiger partial charge in [0, 0.05) is 26.2 Å². The van der Waals surface area contributed by atoms with Crippen LogP contribution in [0.5, 0.6) is 5.75 Å². The van der Waals surface area contributed by atoms with E-state index < -0.39 is 0 Å². The largest absolute Gasteiger partial charge is 0.494 e. The van der Waals surface area contributed by atoms with E-state index in [9.17, 15) is 9.59 Å². The third-order valence-electron chi connectivity index (χ3n) is 4.85. The number of rotatable bonds is 5. The molecule has 3 heterocycles. The lowest BCUT2D eigenvalue weighted by Crippen LogP contribution is -2.37. The molecule has 0 bridgehead atoms. The molecule has 0 amide bonds. The first-order valence-corrected chi connectivity index (χ1v) is 9.26. The van der Waals surface area contributed by atoms with Crippen LogP contribution in [-0.4, -0.2) is 34.9 Å². The van der Waals surface area contributed by atoms with Crippen LogP contribution in [0.25, 0.3) is 28.3 Å². The number of hydrogen-bond acceptors (Lipinski definition) is 5. The van der Waals surface area contributed by atoms with E-state index in [2.05, 4.69) is 10.2 Å². The fourth-order valence-corrected chi connectivity index (χ4v) is 3.54. The summed E-state index contributed by atoms with van der Waals surface area (Å²) in [5, 5.41) is 8.68. The maximum Gasteiger partial charge on any atom is 0.332 e. The van der Waals surface area contributed by atoms with E-state index in [0.717, 1.165) is 22.3 Å². The summed E-state index contributed by atoms with van der Waals surface area (Å²) in [6.07, 6.45) is 0.816. The van der Waals surface area contributed by atoms with E-state index in [0.29, 0.717) is 35.9 Å². The zero-order valence-electron chi connectivity index (χ0n) is 16.3. The molecule has 0 saturated heterocycles.